The maximum absolute atomic E-state index is 13.4. The van der Waals surface area contributed by atoms with Crippen LogP contribution in [0.3, 0.4) is 0 Å². The Kier molecular flexibility index (Phi) is 4.13. The van der Waals surface area contributed by atoms with Crippen LogP contribution in [-0.2, 0) is 13.6 Å². The average Bonchev–Trinajstić information content (AvgIpc) is 3.00. The summed E-state index contributed by atoms with van der Waals surface area (Å²) in [6, 6.07) is 6.51. The molecule has 1 saturated heterocycles. The molecule has 0 spiro atoms. The third-order valence-corrected chi connectivity index (χ3v) is 5.11. The van der Waals surface area contributed by atoms with Crippen molar-refractivity contribution in [3.05, 3.63) is 54.0 Å². The number of fused-ring (bicyclic) bond motifs is 1. The van der Waals surface area contributed by atoms with Gasteiger partial charge in [0.1, 0.15) is 5.82 Å². The number of pyridine rings is 1. The molecule has 3 aromatic rings. The predicted molar refractivity (Wildman–Crippen MR) is 96.6 cm³/mol. The number of piperidine rings is 1. The van der Waals surface area contributed by atoms with Crippen molar-refractivity contribution in [2.45, 2.75) is 25.3 Å². The van der Waals surface area contributed by atoms with E-state index in [0.717, 1.165) is 49.1 Å². The van der Waals surface area contributed by atoms with Crippen LogP contribution in [-0.4, -0.2) is 32.5 Å². The van der Waals surface area contributed by atoms with Crippen molar-refractivity contribution < 1.29 is 4.39 Å². The van der Waals surface area contributed by atoms with Crippen LogP contribution in [0.5, 0.6) is 0 Å². The van der Waals surface area contributed by atoms with Crippen LogP contribution >= 0.6 is 0 Å². The second-order valence-corrected chi connectivity index (χ2v) is 6.85. The number of nitrogens with zero attached hydrogens (tertiary/aromatic N) is 4. The highest BCUT2D eigenvalue weighted by atomic mass is 19.1. The zero-order valence-corrected chi connectivity index (χ0v) is 14.3. The lowest BCUT2D eigenvalue weighted by atomic mass is 9.91. The molecule has 0 aliphatic carbocycles. The zero-order valence-electron chi connectivity index (χ0n) is 14.3. The molecule has 3 heterocycles. The minimum Gasteiger partial charge on any atom is -0.397 e. The summed E-state index contributed by atoms with van der Waals surface area (Å²) in [6.45, 7) is 2.94. The molecule has 0 saturated carbocycles. The van der Waals surface area contributed by atoms with Gasteiger partial charge in [-0.25, -0.2) is 9.37 Å². The van der Waals surface area contributed by atoms with Crippen molar-refractivity contribution >= 4 is 16.6 Å². The summed E-state index contributed by atoms with van der Waals surface area (Å²) in [7, 11) is 2.03. The molecule has 2 aromatic heterocycles. The number of hydrogen-bond donors (Lipinski definition) is 1. The van der Waals surface area contributed by atoms with Crippen LogP contribution in [0.1, 0.15) is 30.1 Å². The Labute approximate surface area is 146 Å². The molecule has 0 bridgehead atoms. The lowest BCUT2D eigenvalue weighted by molar-refractivity contribution is 0.200. The van der Waals surface area contributed by atoms with E-state index in [2.05, 4.69) is 14.5 Å². The molecule has 25 heavy (non-hydrogen) atoms. The number of hydrogen-bond acceptors (Lipinski definition) is 4. The van der Waals surface area contributed by atoms with E-state index in [9.17, 15) is 4.39 Å². The number of aryl methyl sites for hydroxylation is 1. The molecule has 1 aromatic carbocycles. The fourth-order valence-electron chi connectivity index (χ4n) is 3.64. The molecule has 0 atom stereocenters. The number of benzene rings is 1. The van der Waals surface area contributed by atoms with Crippen molar-refractivity contribution in [1.82, 2.24) is 19.4 Å². The summed E-state index contributed by atoms with van der Waals surface area (Å²) >= 11 is 0. The number of likely N-dealkylation sites (tertiary alicyclic amines) is 1. The summed E-state index contributed by atoms with van der Waals surface area (Å²) in [6.07, 6.45) is 5.82. The summed E-state index contributed by atoms with van der Waals surface area (Å²) < 4.78 is 15.4. The minimum atomic E-state index is -0.259. The van der Waals surface area contributed by atoms with Gasteiger partial charge in [0, 0.05) is 31.1 Å². The Hall–Kier alpha value is -2.47. The fraction of sp³-hybridized carbons (Fsp3) is 0.368. The lowest BCUT2D eigenvalue weighted by Crippen LogP contribution is -2.33. The third-order valence-electron chi connectivity index (χ3n) is 5.11. The molecule has 1 aliphatic rings. The first-order valence-corrected chi connectivity index (χ1v) is 8.63. The largest absolute Gasteiger partial charge is 0.397 e. The van der Waals surface area contributed by atoms with Crippen LogP contribution in [0.4, 0.5) is 10.1 Å². The van der Waals surface area contributed by atoms with Gasteiger partial charge in [0.05, 0.1) is 28.9 Å². The van der Waals surface area contributed by atoms with Gasteiger partial charge >= 0.3 is 0 Å². The monoisotopic (exact) mass is 339 g/mol. The predicted octanol–water partition coefficient (Wildman–Crippen LogP) is 3.07. The third kappa shape index (κ3) is 3.22. The minimum absolute atomic E-state index is 0.259. The van der Waals surface area contributed by atoms with Crippen LogP contribution in [0.2, 0.25) is 0 Å². The number of nitrogen functional groups attached to an aromatic ring is 1. The summed E-state index contributed by atoms with van der Waals surface area (Å²) in [5.74, 6) is 0.0992. The quantitative estimate of drug-likeness (QED) is 0.797. The molecule has 0 unspecified atom stereocenters. The number of halogens is 1. The Bertz CT molecular complexity index is 896. The van der Waals surface area contributed by atoms with Crippen LogP contribution in [0, 0.1) is 5.82 Å². The number of imidazole rings is 1. The van der Waals surface area contributed by atoms with Crippen LogP contribution in [0.25, 0.3) is 10.9 Å². The average molecular weight is 339 g/mol. The SMILES string of the molecule is Cn1cncc1CN1CCC(c2nc3ccc(F)cc3cc2N)CC1. The molecule has 4 rings (SSSR count). The van der Waals surface area contributed by atoms with Gasteiger partial charge in [0.2, 0.25) is 0 Å². The van der Waals surface area contributed by atoms with Crippen LogP contribution < -0.4 is 5.73 Å². The van der Waals surface area contributed by atoms with E-state index in [0.29, 0.717) is 11.6 Å². The Morgan fingerprint density at radius 1 is 1.24 bits per heavy atom. The van der Waals surface area contributed by atoms with E-state index in [1.807, 2.05) is 25.6 Å². The van der Waals surface area contributed by atoms with Gasteiger partial charge in [-0.3, -0.25) is 9.88 Å². The molecule has 0 amide bonds. The maximum Gasteiger partial charge on any atom is 0.123 e. The van der Waals surface area contributed by atoms with Crippen molar-refractivity contribution in [1.29, 1.82) is 0 Å². The number of anilines is 1. The molecule has 6 heteroatoms. The van der Waals surface area contributed by atoms with E-state index in [1.165, 1.54) is 17.8 Å². The molecule has 0 radical (unpaired) electrons. The van der Waals surface area contributed by atoms with Crippen molar-refractivity contribution in [3.8, 4) is 0 Å². The second-order valence-electron chi connectivity index (χ2n) is 6.85. The van der Waals surface area contributed by atoms with Gasteiger partial charge in [-0.15, -0.1) is 0 Å². The standard InChI is InChI=1S/C19H22FN5/c1-24-12-22-10-16(24)11-25-6-4-13(5-7-25)19-17(21)9-14-8-15(20)2-3-18(14)23-19/h2-3,8-10,12-13H,4-7,11,21H2,1H3. The van der Waals surface area contributed by atoms with E-state index >= 15 is 0 Å². The maximum atomic E-state index is 13.4. The Morgan fingerprint density at radius 2 is 2.04 bits per heavy atom. The number of aromatic nitrogens is 3. The Balaban J connectivity index is 1.48. The van der Waals surface area contributed by atoms with E-state index < -0.39 is 0 Å². The molecular weight excluding hydrogens is 317 g/mol. The topological polar surface area (TPSA) is 60.0 Å². The molecule has 1 aliphatic heterocycles. The lowest BCUT2D eigenvalue weighted by Gasteiger charge is -2.32. The second kappa shape index (κ2) is 6.44. The van der Waals surface area contributed by atoms with Gasteiger partial charge in [-0.2, -0.15) is 0 Å². The van der Waals surface area contributed by atoms with E-state index in [1.54, 1.807) is 6.07 Å². The summed E-state index contributed by atoms with van der Waals surface area (Å²) in [5.41, 5.74) is 9.88. The highest BCUT2D eigenvalue weighted by molar-refractivity contribution is 5.82. The van der Waals surface area contributed by atoms with Gasteiger partial charge in [-0.05, 0) is 50.2 Å². The summed E-state index contributed by atoms with van der Waals surface area (Å²) in [5, 5.41) is 0.759. The van der Waals surface area contributed by atoms with E-state index in [-0.39, 0.29) is 5.82 Å². The summed E-state index contributed by atoms with van der Waals surface area (Å²) in [4.78, 5) is 11.4. The van der Waals surface area contributed by atoms with Gasteiger partial charge in [0.15, 0.2) is 0 Å². The Morgan fingerprint density at radius 3 is 2.76 bits per heavy atom. The van der Waals surface area contributed by atoms with Crippen molar-refractivity contribution in [2.24, 2.45) is 7.05 Å². The molecule has 1 fully saturated rings. The number of rotatable bonds is 3. The highest BCUT2D eigenvalue weighted by Gasteiger charge is 2.24. The smallest absolute Gasteiger partial charge is 0.123 e. The van der Waals surface area contributed by atoms with Crippen molar-refractivity contribution in [3.63, 3.8) is 0 Å². The van der Waals surface area contributed by atoms with E-state index in [4.69, 9.17) is 10.7 Å². The first-order valence-electron chi connectivity index (χ1n) is 8.63. The van der Waals surface area contributed by atoms with Crippen LogP contribution in [0.15, 0.2) is 36.8 Å². The molecule has 130 valence electrons. The van der Waals surface area contributed by atoms with Crippen molar-refractivity contribution in [2.75, 3.05) is 18.8 Å². The van der Waals surface area contributed by atoms with Gasteiger partial charge in [0.25, 0.3) is 0 Å². The normalized spacial score (nSPS) is 16.6. The first kappa shape index (κ1) is 16.0. The zero-order chi connectivity index (χ0) is 17.4. The molecule has 2 N–H and O–H groups in total. The fourth-order valence-corrected chi connectivity index (χ4v) is 3.64. The van der Waals surface area contributed by atoms with Gasteiger partial charge in [-0.1, -0.05) is 0 Å². The molecule has 5 nitrogen and oxygen atoms in total. The number of nitrogens with two attached hydrogens (primary N) is 1. The highest BCUT2D eigenvalue weighted by Crippen LogP contribution is 2.32. The first-order chi connectivity index (χ1) is 12.1. The molecular formula is C19H22FN5. The van der Waals surface area contributed by atoms with Gasteiger partial charge < -0.3 is 10.3 Å².